The van der Waals surface area contributed by atoms with E-state index in [1.165, 1.54) is 302 Å². The van der Waals surface area contributed by atoms with Gasteiger partial charge in [0.1, 0.15) is 19.8 Å². The highest BCUT2D eigenvalue weighted by molar-refractivity contribution is 7.45. The van der Waals surface area contributed by atoms with Gasteiger partial charge in [-0.15, -0.1) is 0 Å². The molecule has 604 valence electrons. The first kappa shape index (κ1) is 101. The summed E-state index contributed by atoms with van der Waals surface area (Å²) in [5.41, 5.74) is 0. The van der Waals surface area contributed by atoms with E-state index >= 15 is 0 Å². The van der Waals surface area contributed by atoms with Gasteiger partial charge in [-0.2, -0.15) is 0 Å². The molecule has 0 aliphatic rings. The van der Waals surface area contributed by atoms with Gasteiger partial charge in [-0.3, -0.25) is 14.2 Å². The second kappa shape index (κ2) is 83.7. The van der Waals surface area contributed by atoms with Gasteiger partial charge in [0, 0.05) is 12.8 Å². The zero-order chi connectivity index (χ0) is 75.4. The van der Waals surface area contributed by atoms with Crippen molar-refractivity contribution in [3.63, 3.8) is 0 Å². The number of likely N-dealkylation sites (N-methyl/N-ethyl adjacent to an activating group) is 1. The van der Waals surface area contributed by atoms with Crippen LogP contribution in [0.3, 0.4) is 0 Å². The Bertz CT molecular complexity index is 2130. The zero-order valence-electron chi connectivity index (χ0n) is 69.2. The molecule has 0 heterocycles. The highest BCUT2D eigenvalue weighted by Crippen LogP contribution is 2.38. The largest absolute Gasteiger partial charge is 0.756 e. The van der Waals surface area contributed by atoms with Gasteiger partial charge in [0.25, 0.3) is 7.82 Å². The lowest BCUT2D eigenvalue weighted by Gasteiger charge is -2.28. The minimum absolute atomic E-state index is 0.0304. The summed E-state index contributed by atoms with van der Waals surface area (Å²) < 4.78 is 34.5. The van der Waals surface area contributed by atoms with Crippen molar-refractivity contribution in [2.24, 2.45) is 0 Å². The molecule has 2 unspecified atom stereocenters. The molecule has 9 nitrogen and oxygen atoms in total. The van der Waals surface area contributed by atoms with Crippen molar-refractivity contribution in [1.29, 1.82) is 0 Å². The third-order valence-corrected chi connectivity index (χ3v) is 20.7. The van der Waals surface area contributed by atoms with Crippen LogP contribution in [0, 0.1) is 0 Å². The van der Waals surface area contributed by atoms with Crippen LogP contribution in [-0.4, -0.2) is 70.0 Å². The van der Waals surface area contributed by atoms with E-state index in [0.717, 1.165) is 89.9 Å². The summed E-state index contributed by atoms with van der Waals surface area (Å²) in [5, 5.41) is 0. The molecule has 0 bridgehead atoms. The number of carbonyl (C=O) groups is 2. The van der Waals surface area contributed by atoms with Crippen LogP contribution < -0.4 is 4.89 Å². The molecule has 0 spiro atoms. The lowest BCUT2D eigenvalue weighted by Crippen LogP contribution is -2.37. The Labute approximate surface area is 646 Å². The summed E-state index contributed by atoms with van der Waals surface area (Å²) in [5.74, 6) is -0.813. The number of unbranched alkanes of at least 4 members (excludes halogenated alkanes) is 51. The molecule has 0 aliphatic heterocycles. The van der Waals surface area contributed by atoms with Crippen molar-refractivity contribution in [3.8, 4) is 0 Å². The van der Waals surface area contributed by atoms with Gasteiger partial charge in [0.2, 0.25) is 0 Å². The fourth-order valence-corrected chi connectivity index (χ4v) is 13.8. The highest BCUT2D eigenvalue weighted by Gasteiger charge is 2.22. The number of quaternary nitrogens is 1. The maximum absolute atomic E-state index is 12.9. The Hall–Kier alpha value is -3.33. The molecule has 104 heavy (non-hydrogen) atoms. The van der Waals surface area contributed by atoms with Gasteiger partial charge in [-0.05, 0) is 103 Å². The van der Waals surface area contributed by atoms with Crippen molar-refractivity contribution in [1.82, 2.24) is 0 Å². The Morgan fingerprint density at radius 2 is 0.548 bits per heavy atom. The fourth-order valence-electron chi connectivity index (χ4n) is 13.0. The molecule has 0 fully saturated rings. The van der Waals surface area contributed by atoms with Crippen molar-refractivity contribution in [3.05, 3.63) is 109 Å². The summed E-state index contributed by atoms with van der Waals surface area (Å²) >= 11 is 0. The molecule has 0 saturated carbocycles. The molecular formula is C94H170NO8P. The number of esters is 2. The molecule has 0 radical (unpaired) electrons. The Balaban J connectivity index is 3.87. The summed E-state index contributed by atoms with van der Waals surface area (Å²) in [6.07, 6.45) is 120. The number of allylic oxidation sites excluding steroid dienone is 18. The summed E-state index contributed by atoms with van der Waals surface area (Å²) in [6, 6.07) is 0. The van der Waals surface area contributed by atoms with Gasteiger partial charge in [-0.1, -0.05) is 419 Å². The maximum Gasteiger partial charge on any atom is 0.306 e. The van der Waals surface area contributed by atoms with Crippen molar-refractivity contribution >= 4 is 19.8 Å². The molecule has 0 N–H and O–H groups in total. The second-order valence-corrected chi connectivity index (χ2v) is 32.6. The van der Waals surface area contributed by atoms with Crippen LogP contribution in [0.2, 0.25) is 0 Å². The van der Waals surface area contributed by atoms with Crippen LogP contribution >= 0.6 is 7.82 Å². The third-order valence-electron chi connectivity index (χ3n) is 19.8. The van der Waals surface area contributed by atoms with Gasteiger partial charge in [0.15, 0.2) is 6.10 Å². The Morgan fingerprint density at radius 1 is 0.308 bits per heavy atom. The van der Waals surface area contributed by atoms with Gasteiger partial charge in [0.05, 0.1) is 27.7 Å². The molecule has 0 aromatic heterocycles. The van der Waals surface area contributed by atoms with Crippen LogP contribution in [0.5, 0.6) is 0 Å². The molecular weight excluding hydrogens is 1300 g/mol. The predicted molar refractivity (Wildman–Crippen MR) is 452 cm³/mol. The lowest BCUT2D eigenvalue weighted by atomic mass is 10.0. The molecule has 0 aliphatic carbocycles. The molecule has 0 rings (SSSR count). The number of nitrogens with zero attached hydrogens (tertiary/aromatic N) is 1. The quantitative estimate of drug-likeness (QED) is 0.0195. The average molecular weight is 1470 g/mol. The number of phosphoric ester groups is 1. The van der Waals surface area contributed by atoms with E-state index in [1.807, 2.05) is 21.1 Å². The number of phosphoric acid groups is 1. The van der Waals surface area contributed by atoms with Crippen molar-refractivity contribution < 1.29 is 42.1 Å². The smallest absolute Gasteiger partial charge is 0.306 e. The Morgan fingerprint density at radius 3 is 0.817 bits per heavy atom. The minimum atomic E-state index is -4.65. The predicted octanol–water partition coefficient (Wildman–Crippen LogP) is 29.7. The van der Waals surface area contributed by atoms with E-state index < -0.39 is 26.5 Å². The molecule has 2 atom stereocenters. The Kier molecular flexibility index (Phi) is 81.0. The fraction of sp³-hybridized carbons (Fsp3) is 0.787. The summed E-state index contributed by atoms with van der Waals surface area (Å²) in [4.78, 5) is 38.3. The van der Waals surface area contributed by atoms with E-state index in [1.54, 1.807) is 0 Å². The minimum Gasteiger partial charge on any atom is -0.756 e. The topological polar surface area (TPSA) is 111 Å². The van der Waals surface area contributed by atoms with E-state index in [2.05, 4.69) is 123 Å². The first-order chi connectivity index (χ1) is 51.0. The number of hydrogen-bond donors (Lipinski definition) is 0. The molecule has 0 saturated heterocycles. The number of hydrogen-bond acceptors (Lipinski definition) is 8. The first-order valence-electron chi connectivity index (χ1n) is 44.6. The highest BCUT2D eigenvalue weighted by atomic mass is 31.2. The van der Waals surface area contributed by atoms with Crippen molar-refractivity contribution in [2.45, 2.75) is 431 Å². The molecule has 0 aromatic carbocycles. The second-order valence-electron chi connectivity index (χ2n) is 31.2. The SMILES string of the molecule is CC/C=C\C/C=C\C/C=C\C/C=C\C/C=C\C/C=C\CCCCCCCCCCCCCCCCCCCCCCC(=O)OC(COC(=O)CCCCCCCCCCCCCCCCCCCCCCCCCCCC/C=C\C/C=C\C/C=C\CCCCCCC)COP(=O)([O-])OCC[N+](C)(C)C. The molecule has 0 amide bonds. The van der Waals surface area contributed by atoms with Crippen LogP contribution in [0.4, 0.5) is 0 Å². The zero-order valence-corrected chi connectivity index (χ0v) is 70.1. The monoisotopic (exact) mass is 1470 g/mol. The van der Waals surface area contributed by atoms with Crippen LogP contribution in [0.25, 0.3) is 0 Å². The van der Waals surface area contributed by atoms with Crippen LogP contribution in [0.1, 0.15) is 425 Å². The van der Waals surface area contributed by atoms with Crippen LogP contribution in [0.15, 0.2) is 109 Å². The average Bonchev–Trinajstić information content (AvgIpc) is 0.915. The van der Waals surface area contributed by atoms with Crippen molar-refractivity contribution in [2.75, 3.05) is 47.5 Å². The van der Waals surface area contributed by atoms with Gasteiger partial charge >= 0.3 is 11.9 Å². The molecule has 10 heteroatoms. The van der Waals surface area contributed by atoms with E-state index in [4.69, 9.17) is 18.5 Å². The van der Waals surface area contributed by atoms with Gasteiger partial charge < -0.3 is 27.9 Å². The molecule has 0 aromatic rings. The summed E-state index contributed by atoms with van der Waals surface area (Å²) in [7, 11) is 1.18. The normalized spacial score (nSPS) is 13.5. The summed E-state index contributed by atoms with van der Waals surface area (Å²) in [6.45, 7) is 4.17. The number of carbonyl (C=O) groups excluding carboxylic acids is 2. The van der Waals surface area contributed by atoms with Gasteiger partial charge in [-0.25, -0.2) is 0 Å². The maximum atomic E-state index is 12.9. The third kappa shape index (κ3) is 87.6. The van der Waals surface area contributed by atoms with E-state index in [9.17, 15) is 19.0 Å². The van der Waals surface area contributed by atoms with E-state index in [0.29, 0.717) is 17.4 Å². The first-order valence-corrected chi connectivity index (χ1v) is 46.1. The lowest BCUT2D eigenvalue weighted by molar-refractivity contribution is -0.870. The standard InChI is InChI=1S/C94H170NO8P/c1-6-8-10-12-14-16-18-20-22-24-26-28-30-32-34-36-38-40-42-44-46-47-49-50-52-54-56-58-60-62-64-66-68-70-72-74-76-78-80-82-84-86-93(96)100-90-92(91-102-104(98,99)101-89-88-95(3,4)5)103-94(97)87-85-83-81-79-77-75-73-71-69-67-65-63-61-59-57-55-53-51-48-45-43-41-39-37-35-33-31-29-27-25-23-21-19-17-15-13-11-9-7-2/h9,11,15,17-18,20-21,23-24,26-27,29-30,32-33,35,39,41,92H,6-8,10,12-14,16,19,22,25,28,31,34,36-38,40,42-91H2,1-5H3/b11-9-,17-15-,20-18-,23-21-,26-24-,29-27-,32-30-,35-33-,41-39-. The number of rotatable bonds is 83. The number of ether oxygens (including phenoxy) is 2. The van der Waals surface area contributed by atoms with Crippen LogP contribution in [-0.2, 0) is 32.7 Å². The van der Waals surface area contributed by atoms with E-state index in [-0.39, 0.29) is 32.0 Å².